The molecule has 0 spiro atoms. The van der Waals surface area contributed by atoms with Crippen LogP contribution < -0.4 is 5.32 Å². The van der Waals surface area contributed by atoms with Crippen molar-refractivity contribution >= 4 is 39.8 Å². The average Bonchev–Trinajstić information content (AvgIpc) is 2.65. The summed E-state index contributed by atoms with van der Waals surface area (Å²) in [4.78, 5) is 6.45. The van der Waals surface area contributed by atoms with Gasteiger partial charge in [0.05, 0.1) is 24.6 Å². The number of aliphatic imine (C=N–C) groups is 1. The Labute approximate surface area is 175 Å². The topological polar surface area (TPSA) is 80.2 Å². The third-order valence-electron chi connectivity index (χ3n) is 4.88. The van der Waals surface area contributed by atoms with Gasteiger partial charge in [-0.3, -0.25) is 4.99 Å². The molecule has 0 aromatic rings. The van der Waals surface area contributed by atoms with Crippen LogP contribution in [0.3, 0.4) is 0 Å². The van der Waals surface area contributed by atoms with Crippen molar-refractivity contribution < 1.29 is 17.9 Å². The number of nitrogens with zero attached hydrogens (tertiary/aromatic N) is 2. The van der Waals surface area contributed by atoms with Crippen LogP contribution in [0.15, 0.2) is 4.99 Å². The monoisotopic (exact) mass is 503 g/mol. The fourth-order valence-corrected chi connectivity index (χ4v) is 3.91. The van der Waals surface area contributed by atoms with Crippen molar-refractivity contribution in [3.8, 4) is 0 Å². The van der Waals surface area contributed by atoms with E-state index in [0.717, 1.165) is 44.9 Å². The SMILES string of the molecule is CCS(=O)(=O)CCNC(=NC)N1CCC(OCC2CCCCO2)CC1.I. The number of sulfone groups is 1. The van der Waals surface area contributed by atoms with E-state index in [-0.39, 0.29) is 47.7 Å². The Balaban J connectivity index is 0.00000338. The standard InChI is InChI=1S/C17H33N3O4S.HI/c1-3-25(21,22)13-9-19-17(18-2)20-10-7-15(8-11-20)24-14-16-6-4-5-12-23-16;/h15-16H,3-14H2,1-2H3,(H,18,19);1H. The minimum atomic E-state index is -2.95. The highest BCUT2D eigenvalue weighted by Crippen LogP contribution is 2.17. The van der Waals surface area contributed by atoms with Crippen molar-refractivity contribution in [2.45, 2.75) is 51.2 Å². The predicted molar refractivity (Wildman–Crippen MR) is 115 cm³/mol. The molecule has 0 aromatic heterocycles. The molecule has 0 aliphatic carbocycles. The molecule has 26 heavy (non-hydrogen) atoms. The molecule has 2 aliphatic rings. The van der Waals surface area contributed by atoms with Gasteiger partial charge in [-0.1, -0.05) is 6.92 Å². The summed E-state index contributed by atoms with van der Waals surface area (Å²) < 4.78 is 34.9. The van der Waals surface area contributed by atoms with Gasteiger partial charge >= 0.3 is 0 Å². The molecular formula is C17H34IN3O4S. The lowest BCUT2D eigenvalue weighted by atomic mass is 10.1. The van der Waals surface area contributed by atoms with E-state index >= 15 is 0 Å². The fraction of sp³-hybridized carbons (Fsp3) is 0.941. The summed E-state index contributed by atoms with van der Waals surface area (Å²) in [6.07, 6.45) is 5.97. The molecule has 0 bridgehead atoms. The van der Waals surface area contributed by atoms with Crippen molar-refractivity contribution in [3.05, 3.63) is 0 Å². The molecule has 2 fully saturated rings. The number of guanidine groups is 1. The molecule has 9 heteroatoms. The van der Waals surface area contributed by atoms with E-state index in [0.29, 0.717) is 13.2 Å². The maximum absolute atomic E-state index is 11.6. The Hall–Kier alpha value is -0.130. The Bertz CT molecular complexity index is 516. The highest BCUT2D eigenvalue weighted by Gasteiger charge is 2.23. The number of halogens is 1. The molecular weight excluding hydrogens is 469 g/mol. The molecule has 0 radical (unpaired) electrons. The van der Waals surface area contributed by atoms with Crippen molar-refractivity contribution in [1.82, 2.24) is 10.2 Å². The van der Waals surface area contributed by atoms with Crippen LogP contribution in [-0.4, -0.2) is 82.9 Å². The molecule has 2 rings (SSSR count). The number of likely N-dealkylation sites (tertiary alicyclic amines) is 1. The number of hydrogen-bond donors (Lipinski definition) is 1. The Morgan fingerprint density at radius 2 is 2.00 bits per heavy atom. The van der Waals surface area contributed by atoms with Gasteiger partial charge in [0.2, 0.25) is 0 Å². The van der Waals surface area contributed by atoms with Crippen LogP contribution in [0.25, 0.3) is 0 Å². The lowest BCUT2D eigenvalue weighted by Crippen LogP contribution is -2.48. The molecule has 2 heterocycles. The van der Waals surface area contributed by atoms with Gasteiger partial charge in [0, 0.05) is 39.0 Å². The molecule has 1 N–H and O–H groups in total. The maximum Gasteiger partial charge on any atom is 0.193 e. The third-order valence-corrected chi connectivity index (χ3v) is 6.59. The summed E-state index contributed by atoms with van der Waals surface area (Å²) in [6.45, 7) is 5.38. The van der Waals surface area contributed by atoms with Crippen LogP contribution in [0.4, 0.5) is 0 Å². The molecule has 7 nitrogen and oxygen atoms in total. The number of piperidine rings is 1. The second-order valence-electron chi connectivity index (χ2n) is 6.72. The van der Waals surface area contributed by atoms with Gasteiger partial charge in [-0.25, -0.2) is 8.42 Å². The van der Waals surface area contributed by atoms with Gasteiger partial charge in [-0.2, -0.15) is 0 Å². The van der Waals surface area contributed by atoms with Crippen LogP contribution >= 0.6 is 24.0 Å². The first-order chi connectivity index (χ1) is 12.0. The zero-order chi connectivity index (χ0) is 18.1. The molecule has 154 valence electrons. The highest BCUT2D eigenvalue weighted by atomic mass is 127. The first-order valence-electron chi connectivity index (χ1n) is 9.43. The summed E-state index contributed by atoms with van der Waals surface area (Å²) in [6, 6.07) is 0. The molecule has 0 saturated carbocycles. The van der Waals surface area contributed by atoms with E-state index in [1.807, 2.05) is 0 Å². The van der Waals surface area contributed by atoms with E-state index in [9.17, 15) is 8.42 Å². The lowest BCUT2D eigenvalue weighted by molar-refractivity contribution is -0.0721. The Morgan fingerprint density at radius 3 is 2.58 bits per heavy atom. The van der Waals surface area contributed by atoms with E-state index in [2.05, 4.69) is 15.2 Å². The molecule has 1 atom stereocenters. The lowest BCUT2D eigenvalue weighted by Gasteiger charge is -2.35. The number of rotatable bonds is 7. The van der Waals surface area contributed by atoms with Gasteiger partial charge in [0.15, 0.2) is 15.8 Å². The highest BCUT2D eigenvalue weighted by molar-refractivity contribution is 14.0. The molecule has 0 amide bonds. The second kappa shape index (κ2) is 12.4. The zero-order valence-corrected chi connectivity index (χ0v) is 19.1. The maximum atomic E-state index is 11.6. The number of hydrogen-bond acceptors (Lipinski definition) is 5. The number of nitrogens with one attached hydrogen (secondary N) is 1. The molecule has 1 unspecified atom stereocenters. The van der Waals surface area contributed by atoms with Crippen molar-refractivity contribution in [2.24, 2.45) is 4.99 Å². The third kappa shape index (κ3) is 8.26. The van der Waals surface area contributed by atoms with Crippen molar-refractivity contribution in [1.29, 1.82) is 0 Å². The molecule has 0 aromatic carbocycles. The van der Waals surface area contributed by atoms with E-state index in [4.69, 9.17) is 9.47 Å². The van der Waals surface area contributed by atoms with Crippen LogP contribution in [0.2, 0.25) is 0 Å². The smallest absolute Gasteiger partial charge is 0.193 e. The summed E-state index contributed by atoms with van der Waals surface area (Å²) >= 11 is 0. The van der Waals surface area contributed by atoms with Gasteiger partial charge in [0.25, 0.3) is 0 Å². The first-order valence-corrected chi connectivity index (χ1v) is 11.3. The van der Waals surface area contributed by atoms with Crippen LogP contribution in [0, 0.1) is 0 Å². The van der Waals surface area contributed by atoms with Crippen molar-refractivity contribution in [2.75, 3.05) is 51.4 Å². The first kappa shape index (κ1) is 23.9. The van der Waals surface area contributed by atoms with Crippen LogP contribution in [0.5, 0.6) is 0 Å². The fourth-order valence-electron chi connectivity index (χ4n) is 3.21. The average molecular weight is 503 g/mol. The van der Waals surface area contributed by atoms with Gasteiger partial charge in [0.1, 0.15) is 0 Å². The zero-order valence-electron chi connectivity index (χ0n) is 16.0. The minimum Gasteiger partial charge on any atom is -0.376 e. The predicted octanol–water partition coefficient (Wildman–Crippen LogP) is 1.66. The summed E-state index contributed by atoms with van der Waals surface area (Å²) in [7, 11) is -1.21. The van der Waals surface area contributed by atoms with Gasteiger partial charge < -0.3 is 19.7 Å². The second-order valence-corrected chi connectivity index (χ2v) is 9.19. The summed E-state index contributed by atoms with van der Waals surface area (Å²) in [5.41, 5.74) is 0. The Kier molecular flexibility index (Phi) is 11.4. The van der Waals surface area contributed by atoms with E-state index in [1.54, 1.807) is 14.0 Å². The van der Waals surface area contributed by atoms with Crippen molar-refractivity contribution in [3.63, 3.8) is 0 Å². The van der Waals surface area contributed by atoms with Crippen LogP contribution in [-0.2, 0) is 19.3 Å². The molecule has 2 aliphatic heterocycles. The minimum absolute atomic E-state index is 0. The molecule has 2 saturated heterocycles. The summed E-state index contributed by atoms with van der Waals surface area (Å²) in [5.74, 6) is 1.10. The van der Waals surface area contributed by atoms with Gasteiger partial charge in [-0.15, -0.1) is 24.0 Å². The summed E-state index contributed by atoms with van der Waals surface area (Å²) in [5, 5.41) is 3.16. The van der Waals surface area contributed by atoms with Crippen LogP contribution in [0.1, 0.15) is 39.0 Å². The largest absolute Gasteiger partial charge is 0.376 e. The van der Waals surface area contributed by atoms with E-state index in [1.165, 1.54) is 12.8 Å². The normalized spacial score (nSPS) is 22.8. The Morgan fingerprint density at radius 1 is 1.27 bits per heavy atom. The van der Waals surface area contributed by atoms with E-state index < -0.39 is 9.84 Å². The quantitative estimate of drug-likeness (QED) is 0.324. The van der Waals surface area contributed by atoms with Gasteiger partial charge in [-0.05, 0) is 32.1 Å². The number of ether oxygens (including phenoxy) is 2.